The fraction of sp³-hybridized carbons (Fsp3) is 0.0769. The minimum atomic E-state index is -4.88. The van der Waals surface area contributed by atoms with E-state index in [0.29, 0.717) is 21.2 Å². The standard InChI is InChI=1S/C26H24O12P2S4.4Na/c27-41(28,29)23-9-1-5-19(15-23)39(20-6-2-10-24(16-20)42(30,31)32)13-14-40(21-7-3-11-25(17-21)43(33,34)35)22-8-4-12-26(18-22)44(36,37)38;;;;/h1-12,15-18H,13-14H2,(H,27,28,29)(H,30,31,32)(H,33,34,35)(H,36,37,38);;;;/q;4*+1/p-4. The molecule has 0 aliphatic carbocycles. The minimum Gasteiger partial charge on any atom is -0.744 e. The Kier molecular flexibility index (Phi) is 20.7. The van der Waals surface area contributed by atoms with Crippen molar-refractivity contribution in [3.63, 3.8) is 0 Å². The molecule has 0 heterocycles. The van der Waals surface area contributed by atoms with Crippen LogP contribution in [0.1, 0.15) is 0 Å². The maximum absolute atomic E-state index is 11.8. The van der Waals surface area contributed by atoms with Crippen molar-refractivity contribution in [2.24, 2.45) is 0 Å². The van der Waals surface area contributed by atoms with Gasteiger partial charge in [-0.15, -0.1) is 0 Å². The molecule has 0 saturated heterocycles. The second-order valence-corrected chi connectivity index (χ2v) is 19.3. The summed E-state index contributed by atoms with van der Waals surface area (Å²) in [5, 5.41) is 1.33. The third-order valence-electron chi connectivity index (χ3n) is 6.22. The molecule has 0 radical (unpaired) electrons. The number of hydrogen-bond acceptors (Lipinski definition) is 12. The molecule has 22 heteroatoms. The van der Waals surface area contributed by atoms with Crippen LogP contribution in [-0.2, 0) is 40.5 Å². The second-order valence-electron chi connectivity index (χ2n) is 9.11. The van der Waals surface area contributed by atoms with E-state index in [1.54, 1.807) is 0 Å². The maximum atomic E-state index is 11.8. The molecule has 0 N–H and O–H groups in total. The van der Waals surface area contributed by atoms with Crippen molar-refractivity contribution in [2.75, 3.05) is 12.3 Å². The summed E-state index contributed by atoms with van der Waals surface area (Å²) in [7, 11) is -22.9. The fourth-order valence-corrected chi connectivity index (χ4v) is 12.1. The third-order valence-corrected chi connectivity index (χ3v) is 14.8. The van der Waals surface area contributed by atoms with Crippen LogP contribution in [0.2, 0.25) is 0 Å². The zero-order valence-electron chi connectivity index (χ0n) is 26.1. The van der Waals surface area contributed by atoms with E-state index in [9.17, 15) is 51.9 Å². The first kappa shape index (κ1) is 49.4. The molecule has 0 aliphatic heterocycles. The van der Waals surface area contributed by atoms with Gasteiger partial charge in [0.2, 0.25) is 0 Å². The van der Waals surface area contributed by atoms with E-state index in [-0.39, 0.29) is 131 Å². The minimum absolute atomic E-state index is 0. The van der Waals surface area contributed by atoms with E-state index in [2.05, 4.69) is 0 Å². The first-order valence-electron chi connectivity index (χ1n) is 12.1. The SMILES string of the molecule is O=S(=O)([O-])c1cccc(P(CCP(c2cccc(S(=O)(=O)[O-])c2)c2cccc(S(=O)(=O)[O-])c2)c2cccc(S(=O)(=O)[O-])c2)c1.[Na+].[Na+].[Na+].[Na+]. The summed E-state index contributed by atoms with van der Waals surface area (Å²) in [6, 6.07) is 20.4. The Bertz CT molecular complexity index is 1870. The Hall–Kier alpha value is 1.38. The van der Waals surface area contributed by atoms with Crippen LogP contribution >= 0.6 is 15.8 Å². The molecule has 0 atom stereocenters. The van der Waals surface area contributed by atoms with E-state index >= 15 is 0 Å². The zero-order chi connectivity index (χ0) is 32.5. The van der Waals surface area contributed by atoms with Crippen molar-refractivity contribution in [2.45, 2.75) is 19.6 Å². The average molecular weight is 807 g/mol. The molecule has 4 rings (SSSR count). The van der Waals surface area contributed by atoms with Crippen molar-refractivity contribution >= 4 is 77.5 Å². The first-order chi connectivity index (χ1) is 20.3. The molecule has 0 bridgehead atoms. The van der Waals surface area contributed by atoms with Gasteiger partial charge in [0.05, 0.1) is 19.6 Å². The second kappa shape index (κ2) is 20.2. The van der Waals surface area contributed by atoms with E-state index in [0.717, 1.165) is 48.5 Å². The fourth-order valence-electron chi connectivity index (χ4n) is 4.24. The van der Waals surface area contributed by atoms with Gasteiger partial charge in [-0.25, -0.2) is 33.7 Å². The Morgan fingerprint density at radius 1 is 0.375 bits per heavy atom. The van der Waals surface area contributed by atoms with Crippen molar-refractivity contribution in [3.05, 3.63) is 97.1 Å². The molecule has 0 saturated carbocycles. The van der Waals surface area contributed by atoms with Crippen LogP contribution in [0.15, 0.2) is 117 Å². The quantitative estimate of drug-likeness (QED) is 0.0782. The monoisotopic (exact) mass is 806 g/mol. The number of benzene rings is 4. The molecule has 0 amide bonds. The molecular weight excluding hydrogens is 786 g/mol. The van der Waals surface area contributed by atoms with Gasteiger partial charge in [0, 0.05) is 0 Å². The summed E-state index contributed by atoms with van der Waals surface area (Å²) >= 11 is 0. The maximum Gasteiger partial charge on any atom is 1.00 e. The smallest absolute Gasteiger partial charge is 0.744 e. The van der Waals surface area contributed by atoms with E-state index in [1.807, 2.05) is 0 Å². The molecule has 0 fully saturated rings. The van der Waals surface area contributed by atoms with Gasteiger partial charge in [-0.2, -0.15) is 0 Å². The van der Waals surface area contributed by atoms with Crippen molar-refractivity contribution in [3.8, 4) is 0 Å². The van der Waals surface area contributed by atoms with Gasteiger partial charge in [-0.05, 0) is 97.9 Å². The Morgan fingerprint density at radius 2 is 0.562 bits per heavy atom. The molecule has 4 aromatic carbocycles. The summed E-state index contributed by atoms with van der Waals surface area (Å²) in [5.74, 6) is 0. The van der Waals surface area contributed by atoms with Crippen molar-refractivity contribution in [1.29, 1.82) is 0 Å². The van der Waals surface area contributed by atoms with Gasteiger partial charge in [0.25, 0.3) is 0 Å². The molecule has 4 aromatic rings. The zero-order valence-corrected chi connectivity index (χ0v) is 39.1. The van der Waals surface area contributed by atoms with E-state index in [4.69, 9.17) is 0 Å². The number of rotatable bonds is 11. The van der Waals surface area contributed by atoms with Gasteiger partial charge in [0.15, 0.2) is 0 Å². The predicted octanol–water partition coefficient (Wildman–Crippen LogP) is -11.1. The van der Waals surface area contributed by atoms with Crippen LogP contribution in [0.3, 0.4) is 0 Å². The molecule has 0 spiro atoms. The van der Waals surface area contributed by atoms with Crippen LogP contribution < -0.4 is 139 Å². The Labute approximate surface area is 371 Å². The van der Waals surface area contributed by atoms with Crippen molar-refractivity contribution in [1.82, 2.24) is 0 Å². The van der Waals surface area contributed by atoms with Crippen molar-refractivity contribution < 1.29 is 170 Å². The topological polar surface area (TPSA) is 229 Å². The van der Waals surface area contributed by atoms with Crippen LogP contribution in [-0.4, -0.2) is 64.2 Å². The average Bonchev–Trinajstić information content (AvgIpc) is 2.94. The molecule has 48 heavy (non-hydrogen) atoms. The van der Waals surface area contributed by atoms with Gasteiger partial charge in [0.1, 0.15) is 40.5 Å². The Balaban J connectivity index is 0.00000552. The molecule has 12 nitrogen and oxygen atoms in total. The molecule has 0 aliphatic rings. The molecule has 0 aromatic heterocycles. The van der Waals surface area contributed by atoms with Gasteiger partial charge in [-0.1, -0.05) is 48.5 Å². The van der Waals surface area contributed by atoms with Crippen LogP contribution in [0, 0.1) is 0 Å². The summed E-state index contributed by atoms with van der Waals surface area (Å²) in [6.45, 7) is 0. The summed E-state index contributed by atoms with van der Waals surface area (Å²) in [6.07, 6.45) is 0.239. The Morgan fingerprint density at radius 3 is 0.729 bits per heavy atom. The van der Waals surface area contributed by atoms with Crippen LogP contribution in [0.5, 0.6) is 0 Å². The van der Waals surface area contributed by atoms with Gasteiger partial charge in [-0.3, -0.25) is 0 Å². The van der Waals surface area contributed by atoms with E-state index in [1.165, 1.54) is 48.5 Å². The molecular formula is C26H20Na4O12P2S4. The predicted molar refractivity (Wildman–Crippen MR) is 160 cm³/mol. The third kappa shape index (κ3) is 13.7. The normalized spacial score (nSPS) is 11.9. The summed E-state index contributed by atoms with van der Waals surface area (Å²) in [4.78, 5) is -2.17. The number of hydrogen-bond donors (Lipinski definition) is 0. The largest absolute Gasteiger partial charge is 1.00 e. The molecule has 0 unspecified atom stereocenters. The van der Waals surface area contributed by atoms with Crippen LogP contribution in [0.25, 0.3) is 0 Å². The first-order valence-corrected chi connectivity index (χ1v) is 20.8. The summed E-state index contributed by atoms with van der Waals surface area (Å²) < 4.78 is 141. The van der Waals surface area contributed by atoms with Gasteiger partial charge < -0.3 is 18.2 Å². The van der Waals surface area contributed by atoms with E-state index < -0.39 is 75.9 Å². The van der Waals surface area contributed by atoms with Gasteiger partial charge >= 0.3 is 118 Å². The summed E-state index contributed by atoms with van der Waals surface area (Å²) in [5.41, 5.74) is 0. The molecule has 234 valence electrons. The van der Waals surface area contributed by atoms with Crippen LogP contribution in [0.4, 0.5) is 0 Å².